The zero-order valence-electron chi connectivity index (χ0n) is 4.94. The Kier molecular flexibility index (Phi) is 2.80. The SMILES string of the molecule is Fc1nccc(CBr)c1Br. The van der Waals surface area contributed by atoms with Crippen molar-refractivity contribution < 1.29 is 4.39 Å². The highest BCUT2D eigenvalue weighted by atomic mass is 79.9. The molecule has 0 saturated carbocycles. The molecule has 4 heteroatoms. The molecule has 10 heavy (non-hydrogen) atoms. The summed E-state index contributed by atoms with van der Waals surface area (Å²) in [7, 11) is 0. The van der Waals surface area contributed by atoms with Crippen molar-refractivity contribution in [2.24, 2.45) is 0 Å². The van der Waals surface area contributed by atoms with Crippen LogP contribution in [0.1, 0.15) is 5.56 Å². The molecule has 0 aliphatic rings. The van der Waals surface area contributed by atoms with Crippen LogP contribution in [0.15, 0.2) is 16.7 Å². The lowest BCUT2D eigenvalue weighted by atomic mass is 10.3. The number of pyridine rings is 1. The van der Waals surface area contributed by atoms with E-state index in [-0.39, 0.29) is 0 Å². The second-order valence-electron chi connectivity index (χ2n) is 1.71. The van der Waals surface area contributed by atoms with Gasteiger partial charge in [-0.15, -0.1) is 0 Å². The van der Waals surface area contributed by atoms with Crippen LogP contribution in [0.3, 0.4) is 0 Å². The molecule has 0 saturated heterocycles. The van der Waals surface area contributed by atoms with E-state index in [0.717, 1.165) is 5.56 Å². The summed E-state index contributed by atoms with van der Waals surface area (Å²) < 4.78 is 13.0. The molecule has 0 bridgehead atoms. The quantitative estimate of drug-likeness (QED) is 0.564. The maximum atomic E-state index is 12.6. The average molecular weight is 269 g/mol. The smallest absolute Gasteiger partial charge is 0.227 e. The third-order valence-electron chi connectivity index (χ3n) is 1.07. The Morgan fingerprint density at radius 3 is 2.80 bits per heavy atom. The van der Waals surface area contributed by atoms with Crippen LogP contribution < -0.4 is 0 Å². The summed E-state index contributed by atoms with van der Waals surface area (Å²) in [5, 5.41) is 0.632. The van der Waals surface area contributed by atoms with Gasteiger partial charge in [-0.3, -0.25) is 0 Å². The monoisotopic (exact) mass is 267 g/mol. The molecule has 0 amide bonds. The second kappa shape index (κ2) is 3.44. The summed E-state index contributed by atoms with van der Waals surface area (Å²) in [6.07, 6.45) is 1.44. The maximum absolute atomic E-state index is 12.6. The topological polar surface area (TPSA) is 12.9 Å². The number of hydrogen-bond acceptors (Lipinski definition) is 1. The molecule has 1 rings (SSSR count). The Balaban J connectivity index is 3.14. The second-order valence-corrected chi connectivity index (χ2v) is 3.06. The van der Waals surface area contributed by atoms with E-state index in [1.54, 1.807) is 6.07 Å². The minimum Gasteiger partial charge on any atom is -0.227 e. The first-order valence-electron chi connectivity index (χ1n) is 2.60. The molecule has 1 heterocycles. The highest BCUT2D eigenvalue weighted by Gasteiger charge is 2.03. The van der Waals surface area contributed by atoms with Gasteiger partial charge in [-0.05, 0) is 27.6 Å². The van der Waals surface area contributed by atoms with Crippen LogP contribution in [0.2, 0.25) is 0 Å². The number of rotatable bonds is 1. The van der Waals surface area contributed by atoms with Gasteiger partial charge in [0, 0.05) is 11.5 Å². The summed E-state index contributed by atoms with van der Waals surface area (Å²) in [6, 6.07) is 1.75. The standard InChI is InChI=1S/C6H4Br2FN/c7-3-4-1-2-10-6(9)5(4)8/h1-2H,3H2. The zero-order chi connectivity index (χ0) is 7.56. The lowest BCUT2D eigenvalue weighted by molar-refractivity contribution is 0.575. The fourth-order valence-corrected chi connectivity index (χ4v) is 1.78. The van der Waals surface area contributed by atoms with E-state index in [0.29, 0.717) is 9.80 Å². The number of halogens is 3. The van der Waals surface area contributed by atoms with E-state index < -0.39 is 5.95 Å². The molecule has 0 aromatic carbocycles. The zero-order valence-corrected chi connectivity index (χ0v) is 8.11. The fraction of sp³-hybridized carbons (Fsp3) is 0.167. The highest BCUT2D eigenvalue weighted by molar-refractivity contribution is 9.10. The van der Waals surface area contributed by atoms with Gasteiger partial charge in [-0.25, -0.2) is 4.98 Å². The Morgan fingerprint density at radius 1 is 1.60 bits per heavy atom. The number of aromatic nitrogens is 1. The average Bonchev–Trinajstić information content (AvgIpc) is 1.95. The van der Waals surface area contributed by atoms with Gasteiger partial charge in [0.15, 0.2) is 0 Å². The first-order chi connectivity index (χ1) is 4.75. The van der Waals surface area contributed by atoms with Crippen molar-refractivity contribution >= 4 is 31.9 Å². The minimum atomic E-state index is -0.461. The lowest BCUT2D eigenvalue weighted by Gasteiger charge is -1.97. The van der Waals surface area contributed by atoms with Gasteiger partial charge in [0.25, 0.3) is 0 Å². The third-order valence-corrected chi connectivity index (χ3v) is 2.51. The molecule has 0 atom stereocenters. The number of alkyl halides is 1. The summed E-state index contributed by atoms with van der Waals surface area (Å²) >= 11 is 6.29. The van der Waals surface area contributed by atoms with E-state index in [4.69, 9.17) is 0 Å². The van der Waals surface area contributed by atoms with Crippen LogP contribution in [0, 0.1) is 5.95 Å². The summed E-state index contributed by atoms with van der Waals surface area (Å²) in [5.74, 6) is -0.461. The van der Waals surface area contributed by atoms with E-state index in [2.05, 4.69) is 36.8 Å². The van der Waals surface area contributed by atoms with Gasteiger partial charge in [-0.1, -0.05) is 15.9 Å². The van der Waals surface area contributed by atoms with E-state index >= 15 is 0 Å². The Labute approximate surface area is 74.9 Å². The molecule has 0 radical (unpaired) electrons. The minimum absolute atomic E-state index is 0.437. The normalized spacial score (nSPS) is 9.90. The van der Waals surface area contributed by atoms with E-state index in [1.807, 2.05) is 0 Å². The Hall–Kier alpha value is 0.0400. The molecule has 0 fully saturated rings. The van der Waals surface area contributed by atoms with Gasteiger partial charge in [-0.2, -0.15) is 4.39 Å². The summed E-state index contributed by atoms with van der Waals surface area (Å²) in [6.45, 7) is 0. The van der Waals surface area contributed by atoms with Gasteiger partial charge in [0.2, 0.25) is 5.95 Å². The molecule has 1 aromatic heterocycles. The van der Waals surface area contributed by atoms with Crippen molar-refractivity contribution in [3.05, 3.63) is 28.2 Å². The predicted molar refractivity (Wildman–Crippen MR) is 44.5 cm³/mol. The first kappa shape index (κ1) is 8.14. The van der Waals surface area contributed by atoms with Crippen LogP contribution in [-0.2, 0) is 5.33 Å². The van der Waals surface area contributed by atoms with Crippen molar-refractivity contribution in [2.45, 2.75) is 5.33 Å². The molecule has 54 valence electrons. The van der Waals surface area contributed by atoms with Gasteiger partial charge >= 0.3 is 0 Å². The number of nitrogens with zero attached hydrogens (tertiary/aromatic N) is 1. The van der Waals surface area contributed by atoms with E-state index in [1.165, 1.54) is 6.20 Å². The highest BCUT2D eigenvalue weighted by Crippen LogP contribution is 2.20. The molecule has 0 unspecified atom stereocenters. The number of hydrogen-bond donors (Lipinski definition) is 0. The van der Waals surface area contributed by atoms with Crippen molar-refractivity contribution in [3.63, 3.8) is 0 Å². The largest absolute Gasteiger partial charge is 0.227 e. The Morgan fingerprint density at radius 2 is 2.30 bits per heavy atom. The molecule has 0 aliphatic carbocycles. The van der Waals surface area contributed by atoms with Crippen molar-refractivity contribution in [2.75, 3.05) is 0 Å². The lowest BCUT2D eigenvalue weighted by Crippen LogP contribution is -1.88. The van der Waals surface area contributed by atoms with E-state index in [9.17, 15) is 4.39 Å². The molecular weight excluding hydrogens is 265 g/mol. The van der Waals surface area contributed by atoms with Crippen LogP contribution in [0.25, 0.3) is 0 Å². The molecule has 0 N–H and O–H groups in total. The fourth-order valence-electron chi connectivity index (χ4n) is 0.558. The predicted octanol–water partition coefficient (Wildman–Crippen LogP) is 2.88. The van der Waals surface area contributed by atoms with Gasteiger partial charge < -0.3 is 0 Å². The molecular formula is C6H4Br2FN. The molecule has 0 aliphatic heterocycles. The van der Waals surface area contributed by atoms with Crippen molar-refractivity contribution in [1.29, 1.82) is 0 Å². The summed E-state index contributed by atoms with van der Waals surface area (Å²) in [5.41, 5.74) is 0.868. The maximum Gasteiger partial charge on any atom is 0.227 e. The van der Waals surface area contributed by atoms with Crippen molar-refractivity contribution in [3.8, 4) is 0 Å². The van der Waals surface area contributed by atoms with Gasteiger partial charge in [0.1, 0.15) is 0 Å². The molecule has 1 nitrogen and oxygen atoms in total. The van der Waals surface area contributed by atoms with Crippen molar-refractivity contribution in [1.82, 2.24) is 4.98 Å². The van der Waals surface area contributed by atoms with Gasteiger partial charge in [0.05, 0.1) is 4.47 Å². The Bertz CT molecular complexity index is 239. The molecule has 0 spiro atoms. The van der Waals surface area contributed by atoms with Crippen LogP contribution in [0.5, 0.6) is 0 Å². The van der Waals surface area contributed by atoms with Crippen LogP contribution in [-0.4, -0.2) is 4.98 Å². The van der Waals surface area contributed by atoms with Crippen LogP contribution in [0.4, 0.5) is 4.39 Å². The van der Waals surface area contributed by atoms with Crippen LogP contribution >= 0.6 is 31.9 Å². The summed E-state index contributed by atoms with van der Waals surface area (Å²) in [4.78, 5) is 3.45. The first-order valence-corrected chi connectivity index (χ1v) is 4.52. The third kappa shape index (κ3) is 1.55. The molecule has 1 aromatic rings.